The van der Waals surface area contributed by atoms with E-state index in [1.807, 2.05) is 0 Å². The van der Waals surface area contributed by atoms with E-state index in [0.29, 0.717) is 23.5 Å². The number of ether oxygens (including phenoxy) is 1. The first-order chi connectivity index (χ1) is 9.81. The fourth-order valence-corrected chi connectivity index (χ4v) is 2.95. The number of nitrogens with one attached hydrogen (secondary N) is 1. The van der Waals surface area contributed by atoms with Gasteiger partial charge in [-0.25, -0.2) is 0 Å². The molecule has 1 aromatic rings. The van der Waals surface area contributed by atoms with Crippen molar-refractivity contribution in [2.24, 2.45) is 11.3 Å². The largest absolute Gasteiger partial charge is 0.490 e. The lowest BCUT2D eigenvalue weighted by Gasteiger charge is -2.31. The second-order valence-corrected chi connectivity index (χ2v) is 7.61. The summed E-state index contributed by atoms with van der Waals surface area (Å²) in [4.78, 5) is 0. The van der Waals surface area contributed by atoms with E-state index in [1.165, 1.54) is 17.5 Å². The molecule has 0 radical (unpaired) electrons. The zero-order valence-electron chi connectivity index (χ0n) is 14.5. The lowest BCUT2D eigenvalue weighted by molar-refractivity contribution is 0.224. The summed E-state index contributed by atoms with van der Waals surface area (Å²) in [7, 11) is 0. The summed E-state index contributed by atoms with van der Waals surface area (Å²) in [5.74, 6) is 1.75. The van der Waals surface area contributed by atoms with Crippen LogP contribution in [0.25, 0.3) is 0 Å². The number of rotatable bonds is 5. The van der Waals surface area contributed by atoms with Crippen molar-refractivity contribution in [3.8, 4) is 5.75 Å². The van der Waals surface area contributed by atoms with Crippen molar-refractivity contribution in [2.45, 2.75) is 66.5 Å². The molecule has 0 amide bonds. The molecule has 0 fully saturated rings. The molecule has 3 unspecified atom stereocenters. The maximum atomic E-state index is 5.82. The molecule has 2 nitrogen and oxygen atoms in total. The van der Waals surface area contributed by atoms with Gasteiger partial charge in [0.25, 0.3) is 0 Å². The van der Waals surface area contributed by atoms with Gasteiger partial charge in [-0.1, -0.05) is 46.8 Å². The molecule has 0 spiro atoms. The summed E-state index contributed by atoms with van der Waals surface area (Å²) < 4.78 is 5.82. The third-order valence-corrected chi connectivity index (χ3v) is 4.84. The molecule has 0 bridgehead atoms. The molecule has 2 rings (SSSR count). The van der Waals surface area contributed by atoms with Gasteiger partial charge in [-0.2, -0.15) is 0 Å². The molecular weight excluding hydrogens is 258 g/mol. The highest BCUT2D eigenvalue weighted by Crippen LogP contribution is 2.36. The van der Waals surface area contributed by atoms with Crippen LogP contribution < -0.4 is 10.1 Å². The number of hydrogen-bond donors (Lipinski definition) is 1. The Balaban J connectivity index is 2.17. The van der Waals surface area contributed by atoms with Gasteiger partial charge in [0.2, 0.25) is 0 Å². The quantitative estimate of drug-likeness (QED) is 0.846. The molecule has 0 saturated carbocycles. The molecule has 1 N–H and O–H groups in total. The average Bonchev–Trinajstić information content (AvgIpc) is 2.75. The monoisotopic (exact) mass is 289 g/mol. The van der Waals surface area contributed by atoms with Gasteiger partial charge in [0, 0.05) is 12.5 Å². The molecule has 1 aliphatic heterocycles. The molecule has 1 heterocycles. The van der Waals surface area contributed by atoms with Crippen LogP contribution in [0.15, 0.2) is 18.2 Å². The third kappa shape index (κ3) is 4.00. The topological polar surface area (TPSA) is 21.3 Å². The van der Waals surface area contributed by atoms with E-state index in [-0.39, 0.29) is 0 Å². The minimum Gasteiger partial charge on any atom is -0.490 e. The van der Waals surface area contributed by atoms with Crippen molar-refractivity contribution in [1.29, 1.82) is 0 Å². The van der Waals surface area contributed by atoms with Crippen LogP contribution in [0.4, 0.5) is 0 Å². The van der Waals surface area contributed by atoms with E-state index >= 15 is 0 Å². The van der Waals surface area contributed by atoms with Gasteiger partial charge in [-0.05, 0) is 48.4 Å². The maximum absolute atomic E-state index is 5.82. The van der Waals surface area contributed by atoms with Gasteiger partial charge in [0.15, 0.2) is 0 Å². The third-order valence-electron chi connectivity index (χ3n) is 4.84. The van der Waals surface area contributed by atoms with Crippen molar-refractivity contribution in [3.05, 3.63) is 29.3 Å². The van der Waals surface area contributed by atoms with Crippen molar-refractivity contribution >= 4 is 0 Å². The normalized spacial score (nSPS) is 20.8. The fourth-order valence-electron chi connectivity index (χ4n) is 2.95. The van der Waals surface area contributed by atoms with Crippen LogP contribution >= 0.6 is 0 Å². The first-order valence-electron chi connectivity index (χ1n) is 8.34. The Morgan fingerprint density at radius 1 is 1.33 bits per heavy atom. The van der Waals surface area contributed by atoms with E-state index in [0.717, 1.165) is 18.7 Å². The van der Waals surface area contributed by atoms with Gasteiger partial charge in [0.1, 0.15) is 11.9 Å². The minimum absolute atomic E-state index is 0.321. The lowest BCUT2D eigenvalue weighted by Crippen LogP contribution is -2.27. The Morgan fingerprint density at radius 2 is 2.05 bits per heavy atom. The Labute approximate surface area is 130 Å². The van der Waals surface area contributed by atoms with E-state index in [1.54, 1.807) is 0 Å². The molecule has 1 aliphatic rings. The molecule has 0 saturated heterocycles. The predicted molar refractivity (Wildman–Crippen MR) is 89.9 cm³/mol. The van der Waals surface area contributed by atoms with Gasteiger partial charge < -0.3 is 10.1 Å². The Bertz CT molecular complexity index is 475. The summed E-state index contributed by atoms with van der Waals surface area (Å²) in [6, 6.07) is 7.17. The molecule has 21 heavy (non-hydrogen) atoms. The molecule has 1 aromatic carbocycles. The van der Waals surface area contributed by atoms with E-state index in [4.69, 9.17) is 4.74 Å². The SMILES string of the molecule is CCNC(CC(C)C(C)(C)C)c1ccc2c(c1)CC(C)O2. The molecular formula is C19H31NO. The van der Waals surface area contributed by atoms with Gasteiger partial charge in [0.05, 0.1) is 0 Å². The number of fused-ring (bicyclic) bond motifs is 1. The molecule has 3 atom stereocenters. The zero-order chi connectivity index (χ0) is 15.6. The van der Waals surface area contributed by atoms with Crippen molar-refractivity contribution < 1.29 is 4.74 Å². The molecule has 0 aromatic heterocycles. The second-order valence-electron chi connectivity index (χ2n) is 7.61. The summed E-state index contributed by atoms with van der Waals surface area (Å²) in [6.07, 6.45) is 2.53. The van der Waals surface area contributed by atoms with E-state index < -0.39 is 0 Å². The maximum Gasteiger partial charge on any atom is 0.123 e. The summed E-state index contributed by atoms with van der Waals surface area (Å²) in [5, 5.41) is 3.66. The highest BCUT2D eigenvalue weighted by molar-refractivity contribution is 5.41. The van der Waals surface area contributed by atoms with Crippen LogP contribution in [-0.4, -0.2) is 12.6 Å². The van der Waals surface area contributed by atoms with Crippen molar-refractivity contribution in [2.75, 3.05) is 6.54 Å². The van der Waals surface area contributed by atoms with Gasteiger partial charge in [-0.15, -0.1) is 0 Å². The van der Waals surface area contributed by atoms with Crippen LogP contribution in [-0.2, 0) is 6.42 Å². The predicted octanol–water partition coefficient (Wildman–Crippen LogP) is 4.73. The molecule has 118 valence electrons. The average molecular weight is 289 g/mol. The van der Waals surface area contributed by atoms with Crippen molar-refractivity contribution in [3.63, 3.8) is 0 Å². The van der Waals surface area contributed by atoms with Crippen LogP contribution in [0.5, 0.6) is 5.75 Å². The summed E-state index contributed by atoms with van der Waals surface area (Å²) in [6.45, 7) is 14.7. The van der Waals surface area contributed by atoms with Gasteiger partial charge in [-0.3, -0.25) is 0 Å². The standard InChI is InChI=1S/C19H31NO/c1-7-20-17(10-13(2)19(4,5)6)15-8-9-18-16(12-15)11-14(3)21-18/h8-9,12-14,17,20H,7,10-11H2,1-6H3. The highest BCUT2D eigenvalue weighted by atomic mass is 16.5. The second kappa shape index (κ2) is 6.39. The first kappa shape index (κ1) is 16.4. The summed E-state index contributed by atoms with van der Waals surface area (Å²) in [5.41, 5.74) is 3.12. The Morgan fingerprint density at radius 3 is 2.67 bits per heavy atom. The molecule has 2 heteroatoms. The van der Waals surface area contributed by atoms with E-state index in [2.05, 4.69) is 65.1 Å². The number of hydrogen-bond acceptors (Lipinski definition) is 2. The van der Waals surface area contributed by atoms with E-state index in [9.17, 15) is 0 Å². The van der Waals surface area contributed by atoms with Crippen LogP contribution in [0.2, 0.25) is 0 Å². The molecule has 0 aliphatic carbocycles. The fraction of sp³-hybridized carbons (Fsp3) is 0.684. The van der Waals surface area contributed by atoms with Crippen LogP contribution in [0.1, 0.15) is 65.1 Å². The zero-order valence-corrected chi connectivity index (χ0v) is 14.5. The van der Waals surface area contributed by atoms with Crippen LogP contribution in [0, 0.1) is 11.3 Å². The minimum atomic E-state index is 0.321. The number of benzene rings is 1. The van der Waals surface area contributed by atoms with Crippen molar-refractivity contribution in [1.82, 2.24) is 5.32 Å². The first-order valence-corrected chi connectivity index (χ1v) is 8.34. The smallest absolute Gasteiger partial charge is 0.123 e. The lowest BCUT2D eigenvalue weighted by atomic mass is 9.77. The summed E-state index contributed by atoms with van der Waals surface area (Å²) >= 11 is 0. The van der Waals surface area contributed by atoms with Crippen LogP contribution in [0.3, 0.4) is 0 Å². The Kier molecular flexibility index (Phi) is 4.98. The Hall–Kier alpha value is -1.02. The highest BCUT2D eigenvalue weighted by Gasteiger charge is 2.26. The van der Waals surface area contributed by atoms with Gasteiger partial charge >= 0.3 is 0 Å².